The molecule has 1 aromatic rings. The molecule has 2 N–H and O–H groups in total. The molecule has 5 nitrogen and oxygen atoms in total. The van der Waals surface area contributed by atoms with Crippen LogP contribution in [0, 0.1) is 0 Å². The third kappa shape index (κ3) is 3.40. The van der Waals surface area contributed by atoms with Crippen LogP contribution in [0.2, 0.25) is 0 Å². The van der Waals surface area contributed by atoms with E-state index in [0.29, 0.717) is 6.54 Å². The second-order valence-electron chi connectivity index (χ2n) is 4.90. The highest BCUT2D eigenvalue weighted by atomic mass is 16.3. The van der Waals surface area contributed by atoms with E-state index >= 15 is 0 Å². The number of aromatic nitrogens is 3. The van der Waals surface area contributed by atoms with E-state index in [2.05, 4.69) is 26.7 Å². The topological polar surface area (TPSA) is 65.0 Å². The maximum absolute atomic E-state index is 10.0. The predicted octanol–water partition coefficient (Wildman–Crippen LogP) is 1.66. The molecule has 18 heavy (non-hydrogen) atoms. The Hall–Kier alpha value is -1.20. The van der Waals surface area contributed by atoms with E-state index in [9.17, 15) is 5.11 Å². The molecule has 0 amide bonds. The van der Waals surface area contributed by atoms with Gasteiger partial charge in [0.2, 0.25) is 0 Å². The van der Waals surface area contributed by atoms with E-state index in [1.54, 1.807) is 6.33 Å². The van der Waals surface area contributed by atoms with E-state index in [0.717, 1.165) is 31.6 Å². The molecule has 1 aliphatic rings. The lowest BCUT2D eigenvalue weighted by molar-refractivity contribution is 0.0603. The van der Waals surface area contributed by atoms with Gasteiger partial charge in [-0.2, -0.15) is 5.10 Å². The van der Waals surface area contributed by atoms with Gasteiger partial charge in [0.05, 0.1) is 12.1 Å². The molecule has 100 valence electrons. The Labute approximate surface area is 108 Å². The van der Waals surface area contributed by atoms with Gasteiger partial charge in [-0.15, -0.1) is 6.58 Å². The minimum atomic E-state index is -0.286. The van der Waals surface area contributed by atoms with Gasteiger partial charge in [-0.3, -0.25) is 10.00 Å². The molecule has 0 saturated carbocycles. The highest BCUT2D eigenvalue weighted by molar-refractivity contribution is 4.95. The van der Waals surface area contributed by atoms with Gasteiger partial charge in [0, 0.05) is 6.54 Å². The Morgan fingerprint density at radius 3 is 3.22 bits per heavy atom. The lowest BCUT2D eigenvalue weighted by Crippen LogP contribution is -2.39. The van der Waals surface area contributed by atoms with Crippen molar-refractivity contribution in [2.45, 2.75) is 44.2 Å². The third-order valence-corrected chi connectivity index (χ3v) is 3.51. The van der Waals surface area contributed by atoms with Crippen molar-refractivity contribution >= 4 is 0 Å². The Bertz CT molecular complexity index is 352. The van der Waals surface area contributed by atoms with E-state index in [1.165, 1.54) is 12.8 Å². The molecule has 2 rings (SSSR count). The molecule has 5 heteroatoms. The van der Waals surface area contributed by atoms with Crippen LogP contribution in [0.5, 0.6) is 0 Å². The molecule has 0 aliphatic carbocycles. The summed E-state index contributed by atoms with van der Waals surface area (Å²) in [7, 11) is 0. The number of nitrogens with one attached hydrogen (secondary N) is 1. The maximum Gasteiger partial charge on any atom is 0.141 e. The number of hydrogen-bond donors (Lipinski definition) is 2. The average molecular weight is 250 g/mol. The predicted molar refractivity (Wildman–Crippen MR) is 70.0 cm³/mol. The highest BCUT2D eigenvalue weighted by Gasteiger charge is 2.27. The van der Waals surface area contributed by atoms with Gasteiger partial charge in [-0.25, -0.2) is 4.98 Å². The van der Waals surface area contributed by atoms with Crippen LogP contribution in [-0.4, -0.2) is 44.4 Å². The van der Waals surface area contributed by atoms with Crippen LogP contribution in [0.1, 0.15) is 44.0 Å². The molecule has 1 saturated heterocycles. The molecule has 0 aromatic carbocycles. The van der Waals surface area contributed by atoms with Crippen LogP contribution < -0.4 is 0 Å². The third-order valence-electron chi connectivity index (χ3n) is 3.51. The van der Waals surface area contributed by atoms with Crippen LogP contribution in [0.15, 0.2) is 19.0 Å². The number of piperidine rings is 1. The number of H-pyrrole nitrogens is 1. The van der Waals surface area contributed by atoms with Gasteiger partial charge in [0.15, 0.2) is 0 Å². The molecule has 0 bridgehead atoms. The molecule has 2 unspecified atom stereocenters. The quantitative estimate of drug-likeness (QED) is 0.754. The fraction of sp³-hybridized carbons (Fsp3) is 0.692. The molecular formula is C13H22N4O. The molecule has 2 atom stereocenters. The van der Waals surface area contributed by atoms with Crippen LogP contribution in [0.3, 0.4) is 0 Å². The Balaban J connectivity index is 1.93. The fourth-order valence-electron chi connectivity index (χ4n) is 2.57. The number of nitrogens with zero attached hydrogens (tertiary/aromatic N) is 3. The molecule has 1 aliphatic heterocycles. The summed E-state index contributed by atoms with van der Waals surface area (Å²) in [6.45, 7) is 5.42. The number of rotatable bonds is 6. The van der Waals surface area contributed by atoms with Crippen molar-refractivity contribution in [3.63, 3.8) is 0 Å². The molecule has 0 spiro atoms. The largest absolute Gasteiger partial charge is 0.392 e. The number of aliphatic hydroxyl groups is 1. The molecule has 2 heterocycles. The summed E-state index contributed by atoms with van der Waals surface area (Å²) in [5.74, 6) is 0.922. The normalized spacial score (nSPS) is 22.8. The van der Waals surface area contributed by atoms with Crippen molar-refractivity contribution in [3.05, 3.63) is 24.8 Å². The summed E-state index contributed by atoms with van der Waals surface area (Å²) in [6, 6.07) is 0.277. The monoisotopic (exact) mass is 250 g/mol. The first-order valence-corrected chi connectivity index (χ1v) is 6.69. The zero-order valence-corrected chi connectivity index (χ0v) is 10.8. The van der Waals surface area contributed by atoms with E-state index < -0.39 is 0 Å². The molecule has 1 aromatic heterocycles. The lowest BCUT2D eigenvalue weighted by atomic mass is 10.0. The van der Waals surface area contributed by atoms with Gasteiger partial charge >= 0.3 is 0 Å². The van der Waals surface area contributed by atoms with E-state index in [-0.39, 0.29) is 12.1 Å². The summed E-state index contributed by atoms with van der Waals surface area (Å²) < 4.78 is 0. The number of aliphatic hydroxyl groups excluding tert-OH is 1. The lowest BCUT2D eigenvalue weighted by Gasteiger charge is -2.35. The number of β-amino-alcohol motifs (C(OH)–C–C–N with tert-alkyl or cyclic N) is 1. The average Bonchev–Trinajstić information content (AvgIpc) is 2.91. The summed E-state index contributed by atoms with van der Waals surface area (Å²) in [4.78, 5) is 6.57. The zero-order chi connectivity index (χ0) is 12.8. The second-order valence-corrected chi connectivity index (χ2v) is 4.90. The Kier molecular flexibility index (Phi) is 4.90. The SMILES string of the molecule is C=CCCC(O)CN1CCCCC1c1ncn[nH]1. The smallest absolute Gasteiger partial charge is 0.141 e. The van der Waals surface area contributed by atoms with Crippen molar-refractivity contribution in [2.75, 3.05) is 13.1 Å². The summed E-state index contributed by atoms with van der Waals surface area (Å²) in [6.07, 6.45) is 8.26. The maximum atomic E-state index is 10.0. The van der Waals surface area contributed by atoms with E-state index in [4.69, 9.17) is 0 Å². The summed E-state index contributed by atoms with van der Waals surface area (Å²) >= 11 is 0. The van der Waals surface area contributed by atoms with Crippen molar-refractivity contribution in [1.82, 2.24) is 20.1 Å². The first-order valence-electron chi connectivity index (χ1n) is 6.69. The first kappa shape index (κ1) is 13.2. The van der Waals surface area contributed by atoms with Crippen molar-refractivity contribution < 1.29 is 5.11 Å². The standard InChI is InChI=1S/C13H22N4O/c1-2-3-6-11(18)9-17-8-5-4-7-12(17)13-14-10-15-16-13/h2,10-12,18H,1,3-9H2,(H,14,15,16). The van der Waals surface area contributed by atoms with Crippen molar-refractivity contribution in [2.24, 2.45) is 0 Å². The first-order chi connectivity index (χ1) is 8.81. The number of aromatic amines is 1. The summed E-state index contributed by atoms with van der Waals surface area (Å²) in [5, 5.41) is 16.9. The van der Waals surface area contributed by atoms with Gasteiger partial charge in [-0.05, 0) is 32.2 Å². The number of hydrogen-bond acceptors (Lipinski definition) is 4. The highest BCUT2D eigenvalue weighted by Crippen LogP contribution is 2.28. The van der Waals surface area contributed by atoms with Crippen LogP contribution in [0.4, 0.5) is 0 Å². The fourth-order valence-corrected chi connectivity index (χ4v) is 2.57. The molecular weight excluding hydrogens is 228 g/mol. The number of likely N-dealkylation sites (tertiary alicyclic amines) is 1. The van der Waals surface area contributed by atoms with E-state index in [1.807, 2.05) is 6.08 Å². The van der Waals surface area contributed by atoms with Gasteiger partial charge in [-0.1, -0.05) is 12.5 Å². The van der Waals surface area contributed by atoms with Gasteiger partial charge in [0.1, 0.15) is 12.2 Å². The number of allylic oxidation sites excluding steroid dienone is 1. The minimum Gasteiger partial charge on any atom is -0.392 e. The van der Waals surface area contributed by atoms with Crippen LogP contribution in [-0.2, 0) is 0 Å². The zero-order valence-electron chi connectivity index (χ0n) is 10.8. The van der Waals surface area contributed by atoms with Crippen LogP contribution >= 0.6 is 0 Å². The van der Waals surface area contributed by atoms with Gasteiger partial charge in [0.25, 0.3) is 0 Å². The van der Waals surface area contributed by atoms with Gasteiger partial charge < -0.3 is 5.11 Å². The molecule has 1 fully saturated rings. The van der Waals surface area contributed by atoms with Crippen molar-refractivity contribution in [1.29, 1.82) is 0 Å². The minimum absolute atomic E-state index is 0.277. The van der Waals surface area contributed by atoms with Crippen LogP contribution in [0.25, 0.3) is 0 Å². The Morgan fingerprint density at radius 2 is 2.50 bits per heavy atom. The molecule has 0 radical (unpaired) electrons. The second kappa shape index (κ2) is 6.66. The Morgan fingerprint density at radius 1 is 1.61 bits per heavy atom. The summed E-state index contributed by atoms with van der Waals surface area (Å²) in [5.41, 5.74) is 0. The van der Waals surface area contributed by atoms with Crippen molar-refractivity contribution in [3.8, 4) is 0 Å².